The zero-order chi connectivity index (χ0) is 30.2. The lowest BCUT2D eigenvalue weighted by atomic mass is 9.84. The van der Waals surface area contributed by atoms with Crippen LogP contribution in [-0.2, 0) is 0 Å². The first-order valence-electron chi connectivity index (χ1n) is 15.6. The maximum atomic E-state index is 4.31. The van der Waals surface area contributed by atoms with Gasteiger partial charge in [-0.15, -0.1) is 0 Å². The number of pyridine rings is 4. The Morgan fingerprint density at radius 3 is 1.15 bits per heavy atom. The van der Waals surface area contributed by atoms with Crippen molar-refractivity contribution in [3.05, 3.63) is 158 Å². The second-order valence-electron chi connectivity index (χ2n) is 11.8. The van der Waals surface area contributed by atoms with Gasteiger partial charge in [-0.3, -0.25) is 9.97 Å². The third kappa shape index (κ3) is 3.44. The van der Waals surface area contributed by atoms with Crippen molar-refractivity contribution in [2.45, 2.75) is 0 Å². The Hall–Kier alpha value is -6.26. The molecule has 0 saturated heterocycles. The van der Waals surface area contributed by atoms with E-state index < -0.39 is 0 Å². The zero-order valence-electron chi connectivity index (χ0n) is 24.8. The molecule has 0 N–H and O–H groups in total. The summed E-state index contributed by atoms with van der Waals surface area (Å²) in [5.74, 6) is 0. The van der Waals surface area contributed by atoms with Gasteiger partial charge in [0.15, 0.2) is 0 Å². The molecule has 10 rings (SSSR count). The summed E-state index contributed by atoms with van der Waals surface area (Å²) in [6.07, 6.45) is 7.51. The number of aromatic nitrogens is 4. The highest BCUT2D eigenvalue weighted by molar-refractivity contribution is 6.29. The molecule has 214 valence electrons. The van der Waals surface area contributed by atoms with Gasteiger partial charge in [0, 0.05) is 58.1 Å². The molecular weight excluding hydrogens is 560 g/mol. The fraction of sp³-hybridized carbons (Fsp3) is 0. The first-order valence-corrected chi connectivity index (χ1v) is 15.6. The van der Waals surface area contributed by atoms with Crippen molar-refractivity contribution in [2.75, 3.05) is 0 Å². The number of hydrogen-bond acceptors (Lipinski definition) is 2. The number of benzene rings is 6. The van der Waals surface area contributed by atoms with E-state index >= 15 is 0 Å². The van der Waals surface area contributed by atoms with Crippen molar-refractivity contribution < 1.29 is 0 Å². The van der Waals surface area contributed by atoms with Crippen molar-refractivity contribution in [1.82, 2.24) is 19.1 Å². The van der Waals surface area contributed by atoms with Crippen LogP contribution < -0.4 is 0 Å². The van der Waals surface area contributed by atoms with E-state index in [0.29, 0.717) is 0 Å². The Morgan fingerprint density at radius 1 is 0.348 bits per heavy atom. The van der Waals surface area contributed by atoms with Crippen LogP contribution in [0.1, 0.15) is 0 Å². The quantitative estimate of drug-likeness (QED) is 0.152. The largest absolute Gasteiger partial charge is 0.309 e. The first kappa shape index (κ1) is 25.1. The maximum absolute atomic E-state index is 4.31. The summed E-state index contributed by atoms with van der Waals surface area (Å²) in [6, 6.07) is 48.3. The van der Waals surface area contributed by atoms with Gasteiger partial charge < -0.3 is 9.13 Å². The van der Waals surface area contributed by atoms with Gasteiger partial charge in [-0.25, -0.2) is 0 Å². The van der Waals surface area contributed by atoms with Crippen LogP contribution in [0.3, 0.4) is 0 Å². The van der Waals surface area contributed by atoms with Gasteiger partial charge in [-0.1, -0.05) is 60.7 Å². The standard InChI is InChI=1S/C42H26N4/c1-3-7-29(8-4-1)45-35-15-11-31(27-19-23-43-24-20-27)33-14-18-38-42(39(33)35)41-37(45)17-13-34-32(28-21-25-44-26-22-28)12-16-36(40(34)41)46(38)30-9-5-2-6-10-30/h1-26H. The molecule has 0 amide bonds. The Morgan fingerprint density at radius 2 is 0.739 bits per heavy atom. The summed E-state index contributed by atoms with van der Waals surface area (Å²) in [6.45, 7) is 0. The summed E-state index contributed by atoms with van der Waals surface area (Å²) in [5.41, 5.74) is 14.3. The van der Waals surface area contributed by atoms with Crippen LogP contribution in [0.4, 0.5) is 0 Å². The van der Waals surface area contributed by atoms with E-state index in [9.17, 15) is 0 Å². The summed E-state index contributed by atoms with van der Waals surface area (Å²) in [4.78, 5) is 8.62. The summed E-state index contributed by atoms with van der Waals surface area (Å²) >= 11 is 0. The molecule has 2 aromatic heterocycles. The first-order chi connectivity index (χ1) is 22.9. The summed E-state index contributed by atoms with van der Waals surface area (Å²) in [5, 5.41) is 4.98. The highest BCUT2D eigenvalue weighted by Crippen LogP contribution is 2.51. The van der Waals surface area contributed by atoms with E-state index in [1.807, 2.05) is 24.8 Å². The van der Waals surface area contributed by atoms with Crippen LogP contribution in [0.5, 0.6) is 0 Å². The van der Waals surface area contributed by atoms with Crippen LogP contribution in [0.15, 0.2) is 158 Å². The van der Waals surface area contributed by atoms with Gasteiger partial charge in [0.2, 0.25) is 0 Å². The van der Waals surface area contributed by atoms with E-state index in [1.54, 1.807) is 0 Å². The van der Waals surface area contributed by atoms with Crippen molar-refractivity contribution >= 4 is 43.6 Å². The second kappa shape index (κ2) is 9.62. The molecule has 4 heterocycles. The molecule has 8 aromatic rings. The molecule has 0 saturated carbocycles. The monoisotopic (exact) mass is 586 g/mol. The number of nitrogens with zero attached hydrogens (tertiary/aromatic N) is 4. The van der Waals surface area contributed by atoms with Crippen LogP contribution in [0, 0.1) is 0 Å². The van der Waals surface area contributed by atoms with E-state index in [-0.39, 0.29) is 0 Å². The average Bonchev–Trinajstić information content (AvgIpc) is 3.14. The Bertz CT molecular complexity index is 2470. The van der Waals surface area contributed by atoms with Crippen molar-refractivity contribution in [1.29, 1.82) is 0 Å². The van der Waals surface area contributed by atoms with Gasteiger partial charge >= 0.3 is 0 Å². The topological polar surface area (TPSA) is 35.6 Å². The highest BCUT2D eigenvalue weighted by Gasteiger charge is 2.28. The average molecular weight is 587 g/mol. The predicted octanol–water partition coefficient (Wildman–Crippen LogP) is 10.5. The van der Waals surface area contributed by atoms with Crippen LogP contribution in [-0.4, -0.2) is 19.1 Å². The van der Waals surface area contributed by atoms with Gasteiger partial charge in [0.05, 0.1) is 22.1 Å². The van der Waals surface area contributed by atoms with E-state index in [2.05, 4.69) is 153 Å². The molecular formula is C42H26N4. The number of hydrogen-bond donors (Lipinski definition) is 0. The smallest absolute Gasteiger partial charge is 0.0548 e. The molecule has 2 aliphatic rings. The minimum Gasteiger partial charge on any atom is -0.309 e. The van der Waals surface area contributed by atoms with Crippen molar-refractivity contribution in [3.8, 4) is 44.8 Å². The van der Waals surface area contributed by atoms with Crippen LogP contribution in [0.25, 0.3) is 88.4 Å². The van der Waals surface area contributed by atoms with Gasteiger partial charge in [-0.05, 0) is 106 Å². The highest BCUT2D eigenvalue weighted by atomic mass is 15.0. The maximum Gasteiger partial charge on any atom is 0.0548 e. The SMILES string of the molecule is c1ccc(-n2c3ccc4c(-c5ccncc5)ccc5c4c3-c3c4c(ccc3n5-c3ccccc3)c(-c3ccncc3)ccc42)cc1. The van der Waals surface area contributed by atoms with E-state index in [4.69, 9.17) is 0 Å². The molecule has 46 heavy (non-hydrogen) atoms. The normalized spacial score (nSPS) is 11.9. The number of para-hydroxylation sites is 2. The van der Waals surface area contributed by atoms with Gasteiger partial charge in [0.1, 0.15) is 0 Å². The molecule has 4 heteroatoms. The van der Waals surface area contributed by atoms with Gasteiger partial charge in [-0.2, -0.15) is 0 Å². The van der Waals surface area contributed by atoms with Crippen molar-refractivity contribution in [2.24, 2.45) is 0 Å². The second-order valence-corrected chi connectivity index (χ2v) is 11.8. The summed E-state index contributed by atoms with van der Waals surface area (Å²) in [7, 11) is 0. The lowest BCUT2D eigenvalue weighted by Gasteiger charge is -2.30. The fourth-order valence-electron chi connectivity index (χ4n) is 7.62. The number of rotatable bonds is 4. The van der Waals surface area contributed by atoms with Crippen LogP contribution >= 0.6 is 0 Å². The molecule has 0 atom stereocenters. The molecule has 0 spiro atoms. The molecule has 0 fully saturated rings. The minimum absolute atomic E-state index is 1.14. The Labute approximate surface area is 265 Å². The van der Waals surface area contributed by atoms with E-state index in [0.717, 1.165) is 22.5 Å². The Kier molecular flexibility index (Phi) is 5.25. The van der Waals surface area contributed by atoms with E-state index in [1.165, 1.54) is 65.9 Å². The molecule has 0 radical (unpaired) electrons. The molecule has 0 bridgehead atoms. The van der Waals surface area contributed by atoms with Crippen molar-refractivity contribution in [3.63, 3.8) is 0 Å². The molecule has 2 aliphatic heterocycles. The predicted molar refractivity (Wildman–Crippen MR) is 189 cm³/mol. The minimum atomic E-state index is 1.14. The molecule has 4 nitrogen and oxygen atoms in total. The Balaban J connectivity index is 1.49. The third-order valence-corrected chi connectivity index (χ3v) is 9.50. The summed E-state index contributed by atoms with van der Waals surface area (Å²) < 4.78 is 4.90. The lowest BCUT2D eigenvalue weighted by Crippen LogP contribution is -2.10. The molecule has 0 unspecified atom stereocenters. The van der Waals surface area contributed by atoms with Gasteiger partial charge in [0.25, 0.3) is 0 Å². The molecule has 6 aromatic carbocycles. The lowest BCUT2D eigenvalue weighted by molar-refractivity contribution is 1.14. The third-order valence-electron chi connectivity index (χ3n) is 9.50. The van der Waals surface area contributed by atoms with Crippen LogP contribution in [0.2, 0.25) is 0 Å². The fourth-order valence-corrected chi connectivity index (χ4v) is 7.62. The molecule has 0 aliphatic carbocycles. The zero-order valence-corrected chi connectivity index (χ0v) is 24.8.